The Kier molecular flexibility index (Phi) is 4.20. The lowest BCUT2D eigenvalue weighted by Crippen LogP contribution is -2.14. The van der Waals surface area contributed by atoms with Crippen LogP contribution in [-0.2, 0) is 11.3 Å². The zero-order chi connectivity index (χ0) is 16.4. The van der Waals surface area contributed by atoms with Gasteiger partial charge in [-0.2, -0.15) is 5.10 Å². The van der Waals surface area contributed by atoms with Gasteiger partial charge in [-0.25, -0.2) is 14.5 Å². The molecule has 0 radical (unpaired) electrons. The Labute approximate surface area is 135 Å². The van der Waals surface area contributed by atoms with E-state index < -0.39 is 5.97 Å². The first-order valence-electron chi connectivity index (χ1n) is 7.84. The number of hydrogen-bond donors (Lipinski definition) is 1. The minimum absolute atomic E-state index is 0.348. The van der Waals surface area contributed by atoms with Crippen molar-refractivity contribution in [2.75, 3.05) is 12.3 Å². The number of esters is 1. The number of aryl methyl sites for hydroxylation is 2. The molecular formula is C17H20N4O2. The second kappa shape index (κ2) is 6.29. The molecule has 0 saturated heterocycles. The first-order valence-corrected chi connectivity index (χ1v) is 7.84. The molecule has 2 aromatic heterocycles. The fraction of sp³-hybridized carbons (Fsp3) is 0.471. The average Bonchev–Trinajstić information content (AvgIpc) is 3.27. The Balaban J connectivity index is 1.88. The average molecular weight is 312 g/mol. The quantitative estimate of drug-likeness (QED) is 0.503. The van der Waals surface area contributed by atoms with Crippen LogP contribution < -0.4 is 5.73 Å². The third-order valence-corrected chi connectivity index (χ3v) is 4.05. The summed E-state index contributed by atoms with van der Waals surface area (Å²) in [6.07, 6.45) is 10.7. The lowest BCUT2D eigenvalue weighted by atomic mass is 10.1. The van der Waals surface area contributed by atoms with Gasteiger partial charge in [-0.3, -0.25) is 0 Å². The summed E-state index contributed by atoms with van der Waals surface area (Å²) in [7, 11) is 0. The van der Waals surface area contributed by atoms with Gasteiger partial charge in [0.2, 0.25) is 0 Å². The van der Waals surface area contributed by atoms with Gasteiger partial charge in [-0.15, -0.1) is 12.3 Å². The number of fused-ring (bicyclic) bond motifs is 1. The van der Waals surface area contributed by atoms with Crippen molar-refractivity contribution in [2.45, 2.75) is 39.2 Å². The first-order chi connectivity index (χ1) is 11.1. The number of nitrogens with zero attached hydrogens (tertiary/aromatic N) is 3. The molecule has 0 amide bonds. The molecule has 6 heteroatoms. The molecule has 0 spiro atoms. The normalized spacial score (nSPS) is 13.9. The summed E-state index contributed by atoms with van der Waals surface area (Å²) in [6, 6.07) is 0. The monoisotopic (exact) mass is 312 g/mol. The predicted molar refractivity (Wildman–Crippen MR) is 87.8 cm³/mol. The molecule has 6 nitrogen and oxygen atoms in total. The fourth-order valence-electron chi connectivity index (χ4n) is 2.53. The first kappa shape index (κ1) is 15.3. The van der Waals surface area contributed by atoms with Crippen molar-refractivity contribution in [1.29, 1.82) is 0 Å². The number of carbonyl (C=O) groups excluding carboxylic acids is 1. The van der Waals surface area contributed by atoms with E-state index >= 15 is 0 Å². The minimum atomic E-state index is -0.401. The van der Waals surface area contributed by atoms with Crippen LogP contribution in [0.25, 0.3) is 11.0 Å². The topological polar surface area (TPSA) is 83.0 Å². The maximum Gasteiger partial charge on any atom is 0.342 e. The molecule has 1 fully saturated rings. The van der Waals surface area contributed by atoms with Crippen LogP contribution in [0.5, 0.6) is 0 Å². The summed E-state index contributed by atoms with van der Waals surface area (Å²) in [5.74, 6) is 2.71. The third-order valence-electron chi connectivity index (χ3n) is 4.05. The molecule has 1 saturated carbocycles. The number of carbonyl (C=O) groups is 1. The van der Waals surface area contributed by atoms with Crippen LogP contribution in [0.15, 0.2) is 6.20 Å². The van der Waals surface area contributed by atoms with Crippen molar-refractivity contribution in [3.63, 3.8) is 0 Å². The van der Waals surface area contributed by atoms with Crippen LogP contribution in [0.2, 0.25) is 0 Å². The highest BCUT2D eigenvalue weighted by atomic mass is 16.5. The van der Waals surface area contributed by atoms with Crippen molar-refractivity contribution in [1.82, 2.24) is 14.8 Å². The molecule has 2 aromatic rings. The van der Waals surface area contributed by atoms with E-state index in [-0.39, 0.29) is 0 Å². The molecule has 0 aromatic carbocycles. The molecule has 1 aliphatic carbocycles. The summed E-state index contributed by atoms with van der Waals surface area (Å²) >= 11 is 0. The minimum Gasteiger partial charge on any atom is -0.462 e. The van der Waals surface area contributed by atoms with Crippen LogP contribution >= 0.6 is 0 Å². The highest BCUT2D eigenvalue weighted by Crippen LogP contribution is 2.30. The van der Waals surface area contributed by atoms with Gasteiger partial charge in [0.25, 0.3) is 0 Å². The number of unbranched alkanes of at least 4 members (excludes halogenated alkanes) is 1. The maximum atomic E-state index is 12.3. The fourth-order valence-corrected chi connectivity index (χ4v) is 2.53. The van der Waals surface area contributed by atoms with Gasteiger partial charge in [0.1, 0.15) is 5.56 Å². The van der Waals surface area contributed by atoms with Gasteiger partial charge in [0.15, 0.2) is 5.65 Å². The lowest BCUT2D eigenvalue weighted by molar-refractivity contribution is 0.0486. The van der Waals surface area contributed by atoms with E-state index in [2.05, 4.69) is 16.0 Å². The number of nitrogen functional groups attached to an aromatic ring is 1. The van der Waals surface area contributed by atoms with E-state index in [1.165, 1.54) is 0 Å². The van der Waals surface area contributed by atoms with Crippen LogP contribution in [-0.4, -0.2) is 27.3 Å². The van der Waals surface area contributed by atoms with Crippen LogP contribution in [0.1, 0.15) is 41.7 Å². The number of aromatic nitrogens is 3. The standard InChI is InChI=1S/C17H20N4O2/c1-3-4-5-8-21-16-13(9-19-21)15(18)14(11(2)20-16)17(22)23-10-12-6-7-12/h1,9,12H,4-8,10H2,2H3,(H2,18,20). The van der Waals surface area contributed by atoms with Crippen LogP contribution in [0.3, 0.4) is 0 Å². The predicted octanol–water partition coefficient (Wildman–Crippen LogP) is 2.30. The molecule has 0 atom stereocenters. The molecular weight excluding hydrogens is 292 g/mol. The van der Waals surface area contributed by atoms with E-state index in [0.29, 0.717) is 53.5 Å². The van der Waals surface area contributed by atoms with E-state index in [1.807, 2.05) is 0 Å². The molecule has 120 valence electrons. The number of nitrogens with two attached hydrogens (primary N) is 1. The van der Waals surface area contributed by atoms with Crippen molar-refractivity contribution in [3.8, 4) is 12.3 Å². The Morgan fingerprint density at radius 2 is 2.35 bits per heavy atom. The largest absolute Gasteiger partial charge is 0.462 e. The zero-order valence-electron chi connectivity index (χ0n) is 13.2. The molecule has 3 rings (SSSR count). The van der Waals surface area contributed by atoms with Gasteiger partial charge >= 0.3 is 5.97 Å². The number of rotatable bonds is 6. The number of anilines is 1. The Hall–Kier alpha value is -2.55. The number of hydrogen-bond acceptors (Lipinski definition) is 5. The van der Waals surface area contributed by atoms with Crippen LogP contribution in [0.4, 0.5) is 5.69 Å². The van der Waals surface area contributed by atoms with Crippen molar-refractivity contribution in [2.24, 2.45) is 5.92 Å². The van der Waals surface area contributed by atoms with Crippen molar-refractivity contribution in [3.05, 3.63) is 17.5 Å². The summed E-state index contributed by atoms with van der Waals surface area (Å²) in [4.78, 5) is 16.8. The molecule has 0 bridgehead atoms. The molecule has 0 aliphatic heterocycles. The molecule has 0 unspecified atom stereocenters. The lowest BCUT2D eigenvalue weighted by Gasteiger charge is -2.10. The Morgan fingerprint density at radius 1 is 1.57 bits per heavy atom. The van der Waals surface area contributed by atoms with Crippen molar-refractivity contribution < 1.29 is 9.53 Å². The number of pyridine rings is 1. The van der Waals surface area contributed by atoms with Gasteiger partial charge in [0, 0.05) is 13.0 Å². The SMILES string of the molecule is C#CCCCn1ncc2c(N)c(C(=O)OCC3CC3)c(C)nc21. The highest BCUT2D eigenvalue weighted by molar-refractivity contribution is 6.04. The molecule has 2 heterocycles. The van der Waals surface area contributed by atoms with Crippen LogP contribution in [0, 0.1) is 25.2 Å². The smallest absolute Gasteiger partial charge is 0.342 e. The van der Waals surface area contributed by atoms with Crippen molar-refractivity contribution >= 4 is 22.7 Å². The Morgan fingerprint density at radius 3 is 3.04 bits per heavy atom. The molecule has 23 heavy (non-hydrogen) atoms. The molecule has 2 N–H and O–H groups in total. The number of terminal acetylenes is 1. The second-order valence-corrected chi connectivity index (χ2v) is 5.94. The highest BCUT2D eigenvalue weighted by Gasteiger charge is 2.26. The zero-order valence-corrected chi connectivity index (χ0v) is 13.2. The summed E-state index contributed by atoms with van der Waals surface area (Å²) in [5.41, 5.74) is 8.16. The van der Waals surface area contributed by atoms with E-state index in [9.17, 15) is 4.79 Å². The Bertz CT molecular complexity index is 784. The van der Waals surface area contributed by atoms with E-state index in [0.717, 1.165) is 19.3 Å². The summed E-state index contributed by atoms with van der Waals surface area (Å²) in [5, 5.41) is 4.98. The summed E-state index contributed by atoms with van der Waals surface area (Å²) < 4.78 is 7.11. The molecule has 1 aliphatic rings. The maximum absolute atomic E-state index is 12.3. The van der Waals surface area contributed by atoms with Gasteiger partial charge in [0.05, 0.1) is 29.6 Å². The van der Waals surface area contributed by atoms with E-state index in [4.69, 9.17) is 16.9 Å². The summed E-state index contributed by atoms with van der Waals surface area (Å²) in [6.45, 7) is 2.90. The number of ether oxygens (including phenoxy) is 1. The van der Waals surface area contributed by atoms with E-state index in [1.54, 1.807) is 17.8 Å². The third kappa shape index (κ3) is 3.14. The van der Waals surface area contributed by atoms with Gasteiger partial charge in [-0.05, 0) is 32.1 Å². The van der Waals surface area contributed by atoms with Gasteiger partial charge < -0.3 is 10.5 Å². The second-order valence-electron chi connectivity index (χ2n) is 5.94. The van der Waals surface area contributed by atoms with Gasteiger partial charge in [-0.1, -0.05) is 0 Å².